The maximum Gasteiger partial charge on any atom is 0.142 e. The lowest BCUT2D eigenvalue weighted by molar-refractivity contribution is 0.120. The van der Waals surface area contributed by atoms with Gasteiger partial charge in [0.1, 0.15) is 22.9 Å². The van der Waals surface area contributed by atoms with Gasteiger partial charge in [-0.3, -0.25) is 4.40 Å². The normalized spacial score (nSPS) is 17.1. The van der Waals surface area contributed by atoms with Gasteiger partial charge in [0.2, 0.25) is 0 Å². The van der Waals surface area contributed by atoms with Crippen molar-refractivity contribution in [1.29, 1.82) is 0 Å². The van der Waals surface area contributed by atoms with Crippen LogP contribution < -0.4 is 10.1 Å². The Balaban J connectivity index is 1.81. The molecule has 0 bridgehead atoms. The van der Waals surface area contributed by atoms with Gasteiger partial charge in [-0.15, -0.1) is 0 Å². The van der Waals surface area contributed by atoms with Crippen LogP contribution in [0.4, 0.5) is 5.82 Å². The SMILES string of the molecule is COc1ccccc1-c1nc2c(C)cccn2c1NC[C@@H]1CCCO1. The quantitative estimate of drug-likeness (QED) is 0.767. The van der Waals surface area contributed by atoms with E-state index in [1.54, 1.807) is 7.11 Å². The van der Waals surface area contributed by atoms with Crippen molar-refractivity contribution in [3.8, 4) is 17.0 Å². The smallest absolute Gasteiger partial charge is 0.142 e. The maximum atomic E-state index is 5.76. The number of fused-ring (bicyclic) bond motifs is 1. The Morgan fingerprint density at radius 2 is 2.16 bits per heavy atom. The first-order valence-electron chi connectivity index (χ1n) is 8.74. The lowest BCUT2D eigenvalue weighted by Crippen LogP contribution is -2.19. The zero-order chi connectivity index (χ0) is 17.2. The average molecular weight is 337 g/mol. The molecule has 0 unspecified atom stereocenters. The van der Waals surface area contributed by atoms with Crippen LogP contribution in [-0.4, -0.2) is 35.8 Å². The molecule has 4 rings (SSSR count). The van der Waals surface area contributed by atoms with Gasteiger partial charge in [0.25, 0.3) is 0 Å². The van der Waals surface area contributed by atoms with E-state index in [0.717, 1.165) is 60.0 Å². The highest BCUT2D eigenvalue weighted by atomic mass is 16.5. The third-order valence-corrected chi connectivity index (χ3v) is 4.73. The third kappa shape index (κ3) is 2.96. The van der Waals surface area contributed by atoms with Gasteiger partial charge in [-0.2, -0.15) is 0 Å². The number of benzene rings is 1. The number of aryl methyl sites for hydroxylation is 1. The topological polar surface area (TPSA) is 47.8 Å². The van der Waals surface area contributed by atoms with Crippen LogP contribution >= 0.6 is 0 Å². The van der Waals surface area contributed by atoms with Gasteiger partial charge in [0.05, 0.1) is 13.2 Å². The van der Waals surface area contributed by atoms with E-state index in [-0.39, 0.29) is 6.10 Å². The van der Waals surface area contributed by atoms with Gasteiger partial charge in [0.15, 0.2) is 0 Å². The third-order valence-electron chi connectivity index (χ3n) is 4.73. The lowest BCUT2D eigenvalue weighted by Gasteiger charge is -2.14. The summed E-state index contributed by atoms with van der Waals surface area (Å²) in [6, 6.07) is 12.1. The highest BCUT2D eigenvalue weighted by molar-refractivity contribution is 5.81. The molecule has 0 radical (unpaired) electrons. The molecular weight excluding hydrogens is 314 g/mol. The van der Waals surface area contributed by atoms with Crippen LogP contribution in [-0.2, 0) is 4.74 Å². The number of aromatic nitrogens is 2. The van der Waals surface area contributed by atoms with Crippen molar-refractivity contribution in [1.82, 2.24) is 9.38 Å². The minimum absolute atomic E-state index is 0.265. The van der Waals surface area contributed by atoms with Crippen molar-refractivity contribution in [3.63, 3.8) is 0 Å². The van der Waals surface area contributed by atoms with Gasteiger partial charge in [0, 0.05) is 24.9 Å². The highest BCUT2D eigenvalue weighted by Crippen LogP contribution is 2.35. The van der Waals surface area contributed by atoms with E-state index in [0.29, 0.717) is 0 Å². The van der Waals surface area contributed by atoms with Gasteiger partial charge < -0.3 is 14.8 Å². The number of anilines is 1. The Kier molecular flexibility index (Phi) is 4.32. The van der Waals surface area contributed by atoms with Crippen LogP contribution in [0, 0.1) is 6.92 Å². The second-order valence-corrected chi connectivity index (χ2v) is 6.41. The van der Waals surface area contributed by atoms with Crippen LogP contribution in [0.2, 0.25) is 0 Å². The van der Waals surface area contributed by atoms with E-state index in [1.807, 2.05) is 36.5 Å². The van der Waals surface area contributed by atoms with E-state index >= 15 is 0 Å². The highest BCUT2D eigenvalue weighted by Gasteiger charge is 2.20. The summed E-state index contributed by atoms with van der Waals surface area (Å²) in [5, 5.41) is 3.58. The molecule has 0 saturated carbocycles. The molecular formula is C20H23N3O2. The predicted molar refractivity (Wildman–Crippen MR) is 99.4 cm³/mol. The molecule has 3 heterocycles. The van der Waals surface area contributed by atoms with Gasteiger partial charge in [-0.1, -0.05) is 18.2 Å². The lowest BCUT2D eigenvalue weighted by atomic mass is 10.1. The van der Waals surface area contributed by atoms with Crippen molar-refractivity contribution in [2.75, 3.05) is 25.6 Å². The summed E-state index contributed by atoms with van der Waals surface area (Å²) in [5.41, 5.74) is 4.00. The van der Waals surface area contributed by atoms with E-state index < -0.39 is 0 Å². The van der Waals surface area contributed by atoms with Crippen molar-refractivity contribution in [2.24, 2.45) is 0 Å². The second kappa shape index (κ2) is 6.76. The number of rotatable bonds is 5. The van der Waals surface area contributed by atoms with Crippen LogP contribution in [0.25, 0.3) is 16.9 Å². The number of methoxy groups -OCH3 is 1. The Morgan fingerprint density at radius 3 is 2.96 bits per heavy atom. The molecule has 2 aromatic heterocycles. The number of nitrogens with zero attached hydrogens (tertiary/aromatic N) is 2. The standard InChI is InChI=1S/C20H23N3O2/c1-14-7-5-11-23-19(14)22-18(16-9-3-4-10-17(16)24-2)20(23)21-13-15-8-6-12-25-15/h3-5,7,9-11,15,21H,6,8,12-13H2,1-2H3/t15-/m0/s1. The monoisotopic (exact) mass is 337 g/mol. The Hall–Kier alpha value is -2.53. The fraction of sp³-hybridized carbons (Fsp3) is 0.350. The number of pyridine rings is 1. The van der Waals surface area contributed by atoms with E-state index in [9.17, 15) is 0 Å². The maximum absolute atomic E-state index is 5.76. The Morgan fingerprint density at radius 1 is 1.28 bits per heavy atom. The molecule has 0 aliphatic carbocycles. The molecule has 25 heavy (non-hydrogen) atoms. The Labute approximate surface area is 147 Å². The fourth-order valence-corrected chi connectivity index (χ4v) is 3.42. The fourth-order valence-electron chi connectivity index (χ4n) is 3.42. The molecule has 0 amide bonds. The molecule has 1 atom stereocenters. The van der Waals surface area contributed by atoms with Crippen molar-refractivity contribution in [3.05, 3.63) is 48.2 Å². The second-order valence-electron chi connectivity index (χ2n) is 6.41. The summed E-state index contributed by atoms with van der Waals surface area (Å²) in [6.45, 7) is 3.72. The van der Waals surface area contributed by atoms with Crippen LogP contribution in [0.3, 0.4) is 0 Å². The zero-order valence-electron chi connectivity index (χ0n) is 14.7. The summed E-state index contributed by atoms with van der Waals surface area (Å²) in [7, 11) is 1.69. The summed E-state index contributed by atoms with van der Waals surface area (Å²) in [5.74, 6) is 1.81. The minimum atomic E-state index is 0.265. The van der Waals surface area contributed by atoms with Crippen LogP contribution in [0.15, 0.2) is 42.6 Å². The van der Waals surface area contributed by atoms with E-state index in [1.165, 1.54) is 0 Å². The van der Waals surface area contributed by atoms with Gasteiger partial charge in [-0.05, 0) is 43.5 Å². The Bertz CT molecular complexity index is 882. The number of hydrogen-bond donors (Lipinski definition) is 1. The molecule has 5 heteroatoms. The molecule has 1 aliphatic heterocycles. The molecule has 1 saturated heterocycles. The largest absolute Gasteiger partial charge is 0.496 e. The van der Waals surface area contributed by atoms with Crippen LogP contribution in [0.1, 0.15) is 18.4 Å². The number of hydrogen-bond acceptors (Lipinski definition) is 4. The number of imidazole rings is 1. The van der Waals surface area contributed by atoms with Gasteiger partial charge >= 0.3 is 0 Å². The van der Waals surface area contributed by atoms with E-state index in [2.05, 4.69) is 22.7 Å². The average Bonchev–Trinajstić information content (AvgIpc) is 3.28. The first kappa shape index (κ1) is 16.0. The summed E-state index contributed by atoms with van der Waals surface area (Å²) in [6.07, 6.45) is 4.55. The first-order chi connectivity index (χ1) is 12.3. The molecule has 3 aromatic rings. The van der Waals surface area contributed by atoms with Gasteiger partial charge in [-0.25, -0.2) is 4.98 Å². The molecule has 130 valence electrons. The van der Waals surface area contributed by atoms with Crippen molar-refractivity contribution >= 4 is 11.5 Å². The van der Waals surface area contributed by atoms with Crippen molar-refractivity contribution < 1.29 is 9.47 Å². The molecule has 1 fully saturated rings. The number of ether oxygens (including phenoxy) is 2. The summed E-state index contributed by atoms with van der Waals surface area (Å²) in [4.78, 5) is 4.92. The number of para-hydroxylation sites is 1. The zero-order valence-corrected chi connectivity index (χ0v) is 14.7. The molecule has 0 spiro atoms. The minimum Gasteiger partial charge on any atom is -0.496 e. The molecule has 1 aliphatic rings. The van der Waals surface area contributed by atoms with Crippen LogP contribution in [0.5, 0.6) is 5.75 Å². The first-order valence-corrected chi connectivity index (χ1v) is 8.74. The predicted octanol–water partition coefficient (Wildman–Crippen LogP) is 3.91. The summed E-state index contributed by atoms with van der Waals surface area (Å²) >= 11 is 0. The molecule has 1 aromatic carbocycles. The number of nitrogens with one attached hydrogen (secondary N) is 1. The molecule has 5 nitrogen and oxygen atoms in total. The molecule has 1 N–H and O–H groups in total. The van der Waals surface area contributed by atoms with Crippen molar-refractivity contribution in [2.45, 2.75) is 25.9 Å². The summed E-state index contributed by atoms with van der Waals surface area (Å²) < 4.78 is 13.4. The van der Waals surface area contributed by atoms with E-state index in [4.69, 9.17) is 14.5 Å².